The minimum Gasteiger partial charge on any atom is -0.314 e. The summed E-state index contributed by atoms with van der Waals surface area (Å²) >= 11 is 0. The second kappa shape index (κ2) is 5.95. The van der Waals surface area contributed by atoms with Crippen LogP contribution in [0.1, 0.15) is 18.1 Å². The van der Waals surface area contributed by atoms with E-state index in [2.05, 4.69) is 18.3 Å². The zero-order chi connectivity index (χ0) is 10.2. The summed E-state index contributed by atoms with van der Waals surface area (Å²) in [6.07, 6.45) is 4.00. The van der Waals surface area contributed by atoms with Crippen LogP contribution in [0.5, 0.6) is 0 Å². The quantitative estimate of drug-likeness (QED) is 0.731. The van der Waals surface area contributed by atoms with Gasteiger partial charge in [0.2, 0.25) is 0 Å². The number of rotatable bonds is 4. The smallest absolute Gasteiger partial charge is 0.0997 e. The van der Waals surface area contributed by atoms with E-state index in [0.29, 0.717) is 0 Å². The van der Waals surface area contributed by atoms with Crippen molar-refractivity contribution < 1.29 is 0 Å². The van der Waals surface area contributed by atoms with E-state index in [4.69, 9.17) is 5.26 Å². The van der Waals surface area contributed by atoms with E-state index in [1.807, 2.05) is 36.4 Å². The third-order valence-corrected chi connectivity index (χ3v) is 1.89. The maximum Gasteiger partial charge on any atom is 0.0997 e. The molecule has 1 N–H and O–H groups in total. The molecule has 0 fully saturated rings. The molecule has 0 amide bonds. The summed E-state index contributed by atoms with van der Waals surface area (Å²) < 4.78 is 0. The molecule has 0 bridgehead atoms. The molecule has 1 rings (SSSR count). The lowest BCUT2D eigenvalue weighted by Crippen LogP contribution is -2.11. The molecular formula is C12H14N2. The molecule has 1 aromatic carbocycles. The zero-order valence-electron chi connectivity index (χ0n) is 8.33. The van der Waals surface area contributed by atoms with Gasteiger partial charge in [-0.05, 0) is 18.2 Å². The number of nitrogens with one attached hydrogen (secondary N) is 1. The highest BCUT2D eigenvalue weighted by Gasteiger charge is 1.94. The van der Waals surface area contributed by atoms with Crippen molar-refractivity contribution in [2.45, 2.75) is 6.92 Å². The Hall–Kier alpha value is -1.59. The Morgan fingerprint density at radius 2 is 2.21 bits per heavy atom. The van der Waals surface area contributed by atoms with Gasteiger partial charge in [0.15, 0.2) is 0 Å². The summed E-state index contributed by atoms with van der Waals surface area (Å²) in [7, 11) is 0. The first-order valence-electron chi connectivity index (χ1n) is 4.75. The van der Waals surface area contributed by atoms with Crippen LogP contribution in [-0.2, 0) is 0 Å². The van der Waals surface area contributed by atoms with Gasteiger partial charge in [-0.3, -0.25) is 0 Å². The lowest BCUT2D eigenvalue weighted by Gasteiger charge is -1.96. The van der Waals surface area contributed by atoms with Gasteiger partial charge in [0, 0.05) is 6.54 Å². The predicted octanol–water partition coefficient (Wildman–Crippen LogP) is 2.18. The Labute approximate surface area is 84.9 Å². The Morgan fingerprint density at radius 3 is 2.93 bits per heavy atom. The number of likely N-dealkylation sites (N-methyl/N-ethyl adjacent to an activating group) is 1. The van der Waals surface area contributed by atoms with Gasteiger partial charge in [-0.1, -0.05) is 37.3 Å². The van der Waals surface area contributed by atoms with E-state index in [0.717, 1.165) is 24.2 Å². The van der Waals surface area contributed by atoms with Gasteiger partial charge < -0.3 is 5.32 Å². The van der Waals surface area contributed by atoms with Crippen molar-refractivity contribution in [3.63, 3.8) is 0 Å². The SMILES string of the molecule is CCNC/C=C/c1ccccc1C#N. The number of hydrogen-bond acceptors (Lipinski definition) is 2. The lowest BCUT2D eigenvalue weighted by atomic mass is 10.1. The molecule has 2 nitrogen and oxygen atoms in total. The molecule has 0 aromatic heterocycles. The molecule has 0 aliphatic carbocycles. The normalized spacial score (nSPS) is 10.3. The minimum atomic E-state index is 0.722. The van der Waals surface area contributed by atoms with Gasteiger partial charge in [-0.15, -0.1) is 0 Å². The van der Waals surface area contributed by atoms with Crippen molar-refractivity contribution in [2.24, 2.45) is 0 Å². The molecule has 0 atom stereocenters. The van der Waals surface area contributed by atoms with Crippen molar-refractivity contribution in [2.75, 3.05) is 13.1 Å². The molecule has 2 heteroatoms. The van der Waals surface area contributed by atoms with Crippen LogP contribution < -0.4 is 5.32 Å². The van der Waals surface area contributed by atoms with Gasteiger partial charge in [0.1, 0.15) is 0 Å². The standard InChI is InChI=1S/C12H14N2/c1-2-14-9-5-8-11-6-3-4-7-12(11)10-13/h3-8,14H,2,9H2,1H3/b8-5+. The van der Waals surface area contributed by atoms with Crippen molar-refractivity contribution in [1.82, 2.24) is 5.32 Å². The molecule has 0 spiro atoms. The van der Waals surface area contributed by atoms with E-state index < -0.39 is 0 Å². The Kier molecular flexibility index (Phi) is 4.46. The molecule has 0 saturated carbocycles. The van der Waals surface area contributed by atoms with Crippen LogP contribution >= 0.6 is 0 Å². The summed E-state index contributed by atoms with van der Waals surface area (Å²) in [6, 6.07) is 9.75. The zero-order valence-corrected chi connectivity index (χ0v) is 8.33. The summed E-state index contributed by atoms with van der Waals surface area (Å²) in [4.78, 5) is 0. The fourth-order valence-electron chi connectivity index (χ4n) is 1.16. The summed E-state index contributed by atoms with van der Waals surface area (Å²) in [5.41, 5.74) is 1.70. The van der Waals surface area contributed by atoms with Crippen LogP contribution in [-0.4, -0.2) is 13.1 Å². The minimum absolute atomic E-state index is 0.722. The molecule has 0 unspecified atom stereocenters. The van der Waals surface area contributed by atoms with Crippen LogP contribution in [0.15, 0.2) is 30.3 Å². The number of nitriles is 1. The van der Waals surface area contributed by atoms with Crippen LogP contribution in [0.25, 0.3) is 6.08 Å². The number of benzene rings is 1. The molecule has 0 saturated heterocycles. The molecule has 72 valence electrons. The lowest BCUT2D eigenvalue weighted by molar-refractivity contribution is 0.801. The fourth-order valence-corrected chi connectivity index (χ4v) is 1.16. The fraction of sp³-hybridized carbons (Fsp3) is 0.250. The number of nitrogens with zero attached hydrogens (tertiary/aromatic N) is 1. The second-order valence-electron chi connectivity index (χ2n) is 2.91. The first kappa shape index (κ1) is 10.5. The maximum absolute atomic E-state index is 8.82. The average Bonchev–Trinajstić information content (AvgIpc) is 2.25. The van der Waals surface area contributed by atoms with E-state index in [1.165, 1.54) is 0 Å². The van der Waals surface area contributed by atoms with Crippen molar-refractivity contribution in [3.05, 3.63) is 41.5 Å². The molecule has 1 aromatic rings. The third kappa shape index (κ3) is 3.04. The van der Waals surface area contributed by atoms with Crippen LogP contribution in [0.4, 0.5) is 0 Å². The predicted molar refractivity (Wildman–Crippen MR) is 58.7 cm³/mol. The molecule has 0 aliphatic heterocycles. The molecule has 0 aliphatic rings. The Bertz CT molecular complexity index is 348. The molecule has 0 radical (unpaired) electrons. The molecule has 0 heterocycles. The van der Waals surface area contributed by atoms with Gasteiger partial charge in [0.05, 0.1) is 11.6 Å². The average molecular weight is 186 g/mol. The first-order chi connectivity index (χ1) is 6.88. The largest absolute Gasteiger partial charge is 0.314 e. The van der Waals surface area contributed by atoms with Crippen LogP contribution in [0, 0.1) is 11.3 Å². The van der Waals surface area contributed by atoms with Gasteiger partial charge in [-0.25, -0.2) is 0 Å². The number of hydrogen-bond donors (Lipinski definition) is 1. The van der Waals surface area contributed by atoms with E-state index in [1.54, 1.807) is 0 Å². The summed E-state index contributed by atoms with van der Waals surface area (Å²) in [6.45, 7) is 3.87. The highest BCUT2D eigenvalue weighted by atomic mass is 14.8. The van der Waals surface area contributed by atoms with Crippen LogP contribution in [0.3, 0.4) is 0 Å². The highest BCUT2D eigenvalue weighted by molar-refractivity contribution is 5.57. The summed E-state index contributed by atoms with van der Waals surface area (Å²) in [5.74, 6) is 0. The van der Waals surface area contributed by atoms with Gasteiger partial charge >= 0.3 is 0 Å². The first-order valence-corrected chi connectivity index (χ1v) is 4.75. The Morgan fingerprint density at radius 1 is 1.43 bits per heavy atom. The van der Waals surface area contributed by atoms with Crippen molar-refractivity contribution >= 4 is 6.08 Å². The van der Waals surface area contributed by atoms with E-state index in [-0.39, 0.29) is 0 Å². The monoisotopic (exact) mass is 186 g/mol. The van der Waals surface area contributed by atoms with E-state index >= 15 is 0 Å². The van der Waals surface area contributed by atoms with E-state index in [9.17, 15) is 0 Å². The summed E-state index contributed by atoms with van der Waals surface area (Å²) in [5, 5.41) is 12.0. The van der Waals surface area contributed by atoms with Gasteiger partial charge in [0.25, 0.3) is 0 Å². The third-order valence-electron chi connectivity index (χ3n) is 1.89. The second-order valence-corrected chi connectivity index (χ2v) is 2.91. The highest BCUT2D eigenvalue weighted by Crippen LogP contribution is 2.08. The molecular weight excluding hydrogens is 172 g/mol. The van der Waals surface area contributed by atoms with Crippen molar-refractivity contribution in [3.8, 4) is 6.07 Å². The maximum atomic E-state index is 8.82. The van der Waals surface area contributed by atoms with Gasteiger partial charge in [-0.2, -0.15) is 5.26 Å². The molecule has 14 heavy (non-hydrogen) atoms. The van der Waals surface area contributed by atoms with Crippen molar-refractivity contribution in [1.29, 1.82) is 5.26 Å². The van der Waals surface area contributed by atoms with Crippen LogP contribution in [0.2, 0.25) is 0 Å². The Balaban J connectivity index is 2.67. The topological polar surface area (TPSA) is 35.8 Å².